The molecular weight excluding hydrogens is 355 g/mol. The lowest BCUT2D eigenvalue weighted by Gasteiger charge is -2.13. The average Bonchev–Trinajstić information content (AvgIpc) is 2.70. The molecule has 0 aliphatic carbocycles. The molecule has 1 amide bonds. The van der Waals surface area contributed by atoms with Crippen molar-refractivity contribution in [3.8, 4) is 0 Å². The molecule has 0 atom stereocenters. The Bertz CT molecular complexity index is 924. The van der Waals surface area contributed by atoms with E-state index >= 15 is 0 Å². The van der Waals surface area contributed by atoms with E-state index in [-0.39, 0.29) is 11.7 Å². The van der Waals surface area contributed by atoms with E-state index in [1.54, 1.807) is 24.3 Å². The highest BCUT2D eigenvalue weighted by Gasteiger charge is 2.07. The van der Waals surface area contributed by atoms with Crippen molar-refractivity contribution in [1.82, 2.24) is 4.98 Å². The quantitative estimate of drug-likeness (QED) is 0.647. The van der Waals surface area contributed by atoms with Crippen LogP contribution in [0, 0.1) is 5.82 Å². The lowest BCUT2D eigenvalue weighted by molar-refractivity contribution is 0.102. The molecule has 0 saturated heterocycles. The van der Waals surface area contributed by atoms with E-state index in [1.807, 2.05) is 49.3 Å². The minimum absolute atomic E-state index is 0.206. The monoisotopic (exact) mass is 378 g/mol. The maximum atomic E-state index is 13.6. The van der Waals surface area contributed by atoms with Gasteiger partial charge in [-0.05, 0) is 54.4 Å². The standard InChI is InChI=1S/C22H23FN4O/c1-27(2)19-10-8-18(9-11-19)26-22(28)17-7-12-21(25-15-17)24-14-13-16-5-3-4-6-20(16)23/h3-12,15H,13-14H2,1-2H3,(H,24,25)(H,26,28). The Hall–Kier alpha value is -3.41. The van der Waals surface area contributed by atoms with Crippen molar-refractivity contribution >= 4 is 23.1 Å². The molecule has 0 radical (unpaired) electrons. The maximum Gasteiger partial charge on any atom is 0.257 e. The third-order valence-corrected chi connectivity index (χ3v) is 4.33. The van der Waals surface area contributed by atoms with E-state index in [9.17, 15) is 9.18 Å². The summed E-state index contributed by atoms with van der Waals surface area (Å²) in [5, 5.41) is 5.99. The minimum atomic E-state index is -0.219. The van der Waals surface area contributed by atoms with E-state index in [0.717, 1.165) is 11.4 Å². The van der Waals surface area contributed by atoms with Gasteiger partial charge in [0.25, 0.3) is 5.91 Å². The molecule has 1 heterocycles. The summed E-state index contributed by atoms with van der Waals surface area (Å²) in [7, 11) is 3.93. The molecule has 0 saturated carbocycles. The van der Waals surface area contributed by atoms with Crippen molar-refractivity contribution in [1.29, 1.82) is 0 Å². The van der Waals surface area contributed by atoms with Crippen LogP contribution >= 0.6 is 0 Å². The Morgan fingerprint density at radius 1 is 1.04 bits per heavy atom. The molecule has 0 fully saturated rings. The van der Waals surface area contributed by atoms with Crippen LogP contribution in [0.3, 0.4) is 0 Å². The van der Waals surface area contributed by atoms with Crippen LogP contribution in [0.25, 0.3) is 0 Å². The molecule has 2 N–H and O–H groups in total. The molecular formula is C22H23FN4O. The number of rotatable bonds is 7. The van der Waals surface area contributed by atoms with Crippen molar-refractivity contribution in [2.24, 2.45) is 0 Å². The van der Waals surface area contributed by atoms with Crippen LogP contribution in [0.15, 0.2) is 66.9 Å². The van der Waals surface area contributed by atoms with Gasteiger partial charge >= 0.3 is 0 Å². The SMILES string of the molecule is CN(C)c1ccc(NC(=O)c2ccc(NCCc3ccccc3F)nc2)cc1. The van der Waals surface area contributed by atoms with Gasteiger partial charge in [-0.15, -0.1) is 0 Å². The van der Waals surface area contributed by atoms with Crippen molar-refractivity contribution in [3.05, 3.63) is 83.8 Å². The molecule has 144 valence electrons. The number of nitrogens with one attached hydrogen (secondary N) is 2. The molecule has 0 aliphatic rings. The lowest BCUT2D eigenvalue weighted by Crippen LogP contribution is -2.13. The highest BCUT2D eigenvalue weighted by atomic mass is 19.1. The first kappa shape index (κ1) is 19.4. The summed E-state index contributed by atoms with van der Waals surface area (Å²) in [6.07, 6.45) is 2.08. The van der Waals surface area contributed by atoms with Crippen molar-refractivity contribution in [2.75, 3.05) is 36.2 Å². The second-order valence-corrected chi connectivity index (χ2v) is 6.60. The van der Waals surface area contributed by atoms with E-state index in [0.29, 0.717) is 29.9 Å². The second-order valence-electron chi connectivity index (χ2n) is 6.60. The number of aromatic nitrogens is 1. The molecule has 28 heavy (non-hydrogen) atoms. The number of halogens is 1. The second kappa shape index (κ2) is 8.99. The first-order chi connectivity index (χ1) is 13.5. The Kier molecular flexibility index (Phi) is 6.22. The largest absolute Gasteiger partial charge is 0.378 e. The van der Waals surface area contributed by atoms with Crippen LogP contribution in [0.4, 0.5) is 21.6 Å². The van der Waals surface area contributed by atoms with Crippen molar-refractivity contribution < 1.29 is 9.18 Å². The van der Waals surface area contributed by atoms with Gasteiger partial charge in [0.1, 0.15) is 11.6 Å². The van der Waals surface area contributed by atoms with Crippen LogP contribution in [-0.4, -0.2) is 31.5 Å². The van der Waals surface area contributed by atoms with E-state index in [2.05, 4.69) is 15.6 Å². The fourth-order valence-corrected chi connectivity index (χ4v) is 2.71. The zero-order chi connectivity index (χ0) is 19.9. The minimum Gasteiger partial charge on any atom is -0.378 e. The van der Waals surface area contributed by atoms with Gasteiger partial charge in [-0.3, -0.25) is 4.79 Å². The molecule has 0 bridgehead atoms. The molecule has 3 rings (SSSR count). The number of amides is 1. The number of anilines is 3. The smallest absolute Gasteiger partial charge is 0.257 e. The van der Waals surface area contributed by atoms with Gasteiger partial charge in [-0.2, -0.15) is 0 Å². The number of carbonyl (C=O) groups excluding carboxylic acids is 1. The molecule has 2 aromatic carbocycles. The summed E-state index contributed by atoms with van der Waals surface area (Å²) >= 11 is 0. The zero-order valence-electron chi connectivity index (χ0n) is 15.9. The summed E-state index contributed by atoms with van der Waals surface area (Å²) in [4.78, 5) is 18.6. The Balaban J connectivity index is 1.53. The topological polar surface area (TPSA) is 57.3 Å². The molecule has 0 unspecified atom stereocenters. The molecule has 6 heteroatoms. The lowest BCUT2D eigenvalue weighted by atomic mass is 10.1. The van der Waals surface area contributed by atoms with Crippen LogP contribution in [0.5, 0.6) is 0 Å². The summed E-state index contributed by atoms with van der Waals surface area (Å²) in [5.41, 5.74) is 2.91. The number of benzene rings is 2. The predicted octanol–water partition coefficient (Wildman–Crippen LogP) is 4.19. The summed E-state index contributed by atoms with van der Waals surface area (Å²) in [5.74, 6) is 0.217. The van der Waals surface area contributed by atoms with E-state index in [4.69, 9.17) is 0 Å². The Morgan fingerprint density at radius 2 is 1.79 bits per heavy atom. The van der Waals surface area contributed by atoms with E-state index < -0.39 is 0 Å². The van der Waals surface area contributed by atoms with Gasteiger partial charge in [0.05, 0.1) is 5.56 Å². The van der Waals surface area contributed by atoms with Gasteiger partial charge < -0.3 is 15.5 Å². The molecule has 0 aliphatic heterocycles. The van der Waals surface area contributed by atoms with Crippen molar-refractivity contribution in [3.63, 3.8) is 0 Å². The van der Waals surface area contributed by atoms with Crippen LogP contribution in [0.1, 0.15) is 15.9 Å². The maximum absolute atomic E-state index is 13.6. The Morgan fingerprint density at radius 3 is 2.43 bits per heavy atom. The summed E-state index contributed by atoms with van der Waals surface area (Å²) < 4.78 is 13.6. The number of pyridine rings is 1. The van der Waals surface area contributed by atoms with Gasteiger partial charge in [0, 0.05) is 38.2 Å². The normalized spacial score (nSPS) is 10.4. The summed E-state index contributed by atoms with van der Waals surface area (Å²) in [6.45, 7) is 0.553. The van der Waals surface area contributed by atoms with Gasteiger partial charge in [-0.25, -0.2) is 9.37 Å². The molecule has 0 spiro atoms. The first-order valence-corrected chi connectivity index (χ1v) is 9.05. The van der Waals surface area contributed by atoms with Gasteiger partial charge in [0.2, 0.25) is 0 Å². The van der Waals surface area contributed by atoms with Gasteiger partial charge in [-0.1, -0.05) is 18.2 Å². The highest BCUT2D eigenvalue weighted by molar-refractivity contribution is 6.04. The average molecular weight is 378 g/mol. The predicted molar refractivity (Wildman–Crippen MR) is 112 cm³/mol. The van der Waals surface area contributed by atoms with Crippen molar-refractivity contribution in [2.45, 2.75) is 6.42 Å². The number of hydrogen-bond acceptors (Lipinski definition) is 4. The van der Waals surface area contributed by atoms with Crippen LogP contribution in [0.2, 0.25) is 0 Å². The van der Waals surface area contributed by atoms with Crippen LogP contribution in [-0.2, 0) is 6.42 Å². The fourth-order valence-electron chi connectivity index (χ4n) is 2.71. The zero-order valence-corrected chi connectivity index (χ0v) is 15.9. The molecule has 5 nitrogen and oxygen atoms in total. The number of carbonyl (C=O) groups is 1. The highest BCUT2D eigenvalue weighted by Crippen LogP contribution is 2.16. The molecule has 3 aromatic rings. The number of nitrogens with zero attached hydrogens (tertiary/aromatic N) is 2. The molecule has 1 aromatic heterocycles. The van der Waals surface area contributed by atoms with Crippen LogP contribution < -0.4 is 15.5 Å². The first-order valence-electron chi connectivity index (χ1n) is 9.05. The summed E-state index contributed by atoms with van der Waals surface area (Å²) in [6, 6.07) is 17.8. The third kappa shape index (κ3) is 5.07. The van der Waals surface area contributed by atoms with Gasteiger partial charge in [0.15, 0.2) is 0 Å². The van der Waals surface area contributed by atoms with E-state index in [1.165, 1.54) is 12.3 Å². The Labute approximate surface area is 164 Å². The third-order valence-electron chi connectivity index (χ3n) is 4.33. The fraction of sp³-hybridized carbons (Fsp3) is 0.182. The number of hydrogen-bond donors (Lipinski definition) is 2.